The summed E-state index contributed by atoms with van der Waals surface area (Å²) >= 11 is 4.97. The van der Waals surface area contributed by atoms with Crippen molar-refractivity contribution >= 4 is 17.9 Å². The molecule has 72 valence electrons. The van der Waals surface area contributed by atoms with Gasteiger partial charge in [0.15, 0.2) is 0 Å². The zero-order chi connectivity index (χ0) is 10.2. The van der Waals surface area contributed by atoms with Gasteiger partial charge < -0.3 is 5.32 Å². The first kappa shape index (κ1) is 10.4. The number of nitrogens with one attached hydrogen (secondary N) is 1. The number of anilines is 1. The summed E-state index contributed by atoms with van der Waals surface area (Å²) in [7, 11) is 0. The second-order valence-electron chi connectivity index (χ2n) is 4.19. The fourth-order valence-corrected chi connectivity index (χ4v) is 1.73. The minimum Gasteiger partial charge on any atom is -0.384 e. The molecule has 3 heteroatoms. The molecule has 0 fully saturated rings. The van der Waals surface area contributed by atoms with Gasteiger partial charge in [-0.25, -0.2) is 0 Å². The van der Waals surface area contributed by atoms with Crippen molar-refractivity contribution in [2.75, 3.05) is 11.9 Å². The molecule has 0 heterocycles. The van der Waals surface area contributed by atoms with Crippen molar-refractivity contribution in [2.24, 2.45) is 0 Å². The summed E-state index contributed by atoms with van der Waals surface area (Å²) < 4.78 is 0.465. The monoisotopic (exact) mass is 197 g/mol. The van der Waals surface area contributed by atoms with E-state index < -0.39 is 0 Å². The summed E-state index contributed by atoms with van der Waals surface area (Å²) in [5.41, 5.74) is 1.67. The standard InChI is InChI=1S/C10H15NOS/c1-5-11-7-6(10(2,3)4)8(12)9(7)13/h11H,5H2,1-4H3. The van der Waals surface area contributed by atoms with Gasteiger partial charge in [0.2, 0.25) is 5.43 Å². The van der Waals surface area contributed by atoms with Gasteiger partial charge in [-0.05, 0) is 12.3 Å². The van der Waals surface area contributed by atoms with Crippen molar-refractivity contribution in [3.05, 3.63) is 20.3 Å². The van der Waals surface area contributed by atoms with Gasteiger partial charge in [0.1, 0.15) is 4.51 Å². The molecule has 0 amide bonds. The maximum atomic E-state index is 11.5. The van der Waals surface area contributed by atoms with E-state index in [2.05, 4.69) is 5.32 Å². The van der Waals surface area contributed by atoms with E-state index in [4.69, 9.17) is 12.2 Å². The molecule has 0 bridgehead atoms. The van der Waals surface area contributed by atoms with E-state index in [0.717, 1.165) is 17.8 Å². The molecule has 0 spiro atoms. The molecule has 0 aromatic heterocycles. The summed E-state index contributed by atoms with van der Waals surface area (Å²) in [5, 5.41) is 3.14. The van der Waals surface area contributed by atoms with Crippen LogP contribution in [0.25, 0.3) is 0 Å². The normalized spacial score (nSPS) is 12.0. The van der Waals surface area contributed by atoms with E-state index in [0.29, 0.717) is 4.51 Å². The zero-order valence-electron chi connectivity index (χ0n) is 8.52. The zero-order valence-corrected chi connectivity index (χ0v) is 9.34. The Morgan fingerprint density at radius 2 is 1.92 bits per heavy atom. The van der Waals surface area contributed by atoms with Gasteiger partial charge >= 0.3 is 0 Å². The highest BCUT2D eigenvalue weighted by atomic mass is 32.1. The van der Waals surface area contributed by atoms with Crippen molar-refractivity contribution in [3.8, 4) is 0 Å². The summed E-state index contributed by atoms with van der Waals surface area (Å²) in [6, 6.07) is 0. The molecule has 1 aromatic rings. The van der Waals surface area contributed by atoms with Crippen molar-refractivity contribution in [1.82, 2.24) is 0 Å². The van der Waals surface area contributed by atoms with Gasteiger partial charge in [0.25, 0.3) is 0 Å². The lowest BCUT2D eigenvalue weighted by Gasteiger charge is -2.24. The highest BCUT2D eigenvalue weighted by Gasteiger charge is 2.27. The fourth-order valence-electron chi connectivity index (χ4n) is 1.45. The maximum absolute atomic E-state index is 11.5. The second-order valence-corrected chi connectivity index (χ2v) is 4.60. The highest BCUT2D eigenvalue weighted by molar-refractivity contribution is 7.71. The Balaban J connectivity index is 3.17. The minimum atomic E-state index is -0.100. The largest absolute Gasteiger partial charge is 0.384 e. The maximum Gasteiger partial charge on any atom is 0.204 e. The summed E-state index contributed by atoms with van der Waals surface area (Å²) in [6.45, 7) is 8.89. The van der Waals surface area contributed by atoms with E-state index in [1.54, 1.807) is 0 Å². The van der Waals surface area contributed by atoms with Crippen LogP contribution in [0.1, 0.15) is 33.3 Å². The van der Waals surface area contributed by atoms with Crippen LogP contribution in [-0.4, -0.2) is 6.54 Å². The molecule has 0 aliphatic rings. The van der Waals surface area contributed by atoms with Gasteiger partial charge in [0.05, 0.1) is 5.69 Å². The SMILES string of the molecule is CCNc1c(C(C)(C)C)c(=O)c1=S. The summed E-state index contributed by atoms with van der Waals surface area (Å²) in [6.07, 6.45) is 0. The van der Waals surface area contributed by atoms with Crippen LogP contribution in [-0.2, 0) is 5.41 Å². The Bertz CT molecular complexity index is 380. The van der Waals surface area contributed by atoms with Gasteiger partial charge in [-0.3, -0.25) is 4.79 Å². The van der Waals surface area contributed by atoms with E-state index in [1.165, 1.54) is 0 Å². The lowest BCUT2D eigenvalue weighted by Crippen LogP contribution is -2.30. The minimum absolute atomic E-state index is 0.0402. The van der Waals surface area contributed by atoms with Crippen LogP contribution in [0, 0.1) is 4.51 Å². The van der Waals surface area contributed by atoms with Crippen LogP contribution < -0.4 is 10.7 Å². The molecule has 0 saturated heterocycles. The van der Waals surface area contributed by atoms with Gasteiger partial charge in [-0.15, -0.1) is 0 Å². The molecule has 1 N–H and O–H groups in total. The van der Waals surface area contributed by atoms with Crippen molar-refractivity contribution in [3.63, 3.8) is 0 Å². The molecule has 0 unspecified atom stereocenters. The van der Waals surface area contributed by atoms with Crippen LogP contribution in [0.4, 0.5) is 5.69 Å². The third-order valence-electron chi connectivity index (χ3n) is 2.01. The molecule has 13 heavy (non-hydrogen) atoms. The molecule has 2 nitrogen and oxygen atoms in total. The molecule has 0 aliphatic carbocycles. The highest BCUT2D eigenvalue weighted by Crippen LogP contribution is 2.29. The van der Waals surface area contributed by atoms with Crippen LogP contribution in [0.5, 0.6) is 0 Å². The van der Waals surface area contributed by atoms with E-state index in [9.17, 15) is 4.79 Å². The van der Waals surface area contributed by atoms with Crippen LogP contribution >= 0.6 is 12.2 Å². The molecule has 0 saturated carbocycles. The number of rotatable bonds is 2. The summed E-state index contributed by atoms with van der Waals surface area (Å²) in [5.74, 6) is 0. The average Bonchev–Trinajstić information content (AvgIpc) is 2.01. The third-order valence-corrected chi connectivity index (χ3v) is 2.40. The van der Waals surface area contributed by atoms with Crippen molar-refractivity contribution in [2.45, 2.75) is 33.1 Å². The van der Waals surface area contributed by atoms with Gasteiger partial charge in [-0.1, -0.05) is 33.0 Å². The Kier molecular flexibility index (Phi) is 2.57. The number of hydrogen-bond acceptors (Lipinski definition) is 3. The van der Waals surface area contributed by atoms with Crippen LogP contribution in [0.2, 0.25) is 0 Å². The molecule has 1 aromatic carbocycles. The first-order valence-corrected chi connectivity index (χ1v) is 4.88. The lowest BCUT2D eigenvalue weighted by molar-refractivity contribution is 0.582. The molecule has 0 radical (unpaired) electrons. The van der Waals surface area contributed by atoms with Crippen molar-refractivity contribution < 1.29 is 0 Å². The quantitative estimate of drug-likeness (QED) is 0.738. The Morgan fingerprint density at radius 3 is 2.31 bits per heavy atom. The smallest absolute Gasteiger partial charge is 0.204 e. The first-order chi connectivity index (χ1) is 5.89. The first-order valence-electron chi connectivity index (χ1n) is 4.47. The summed E-state index contributed by atoms with van der Waals surface area (Å²) in [4.78, 5) is 11.5. The molecular formula is C10H15NOS. The number of hydrogen-bond donors (Lipinski definition) is 1. The molecular weight excluding hydrogens is 182 g/mol. The van der Waals surface area contributed by atoms with E-state index in [1.807, 2.05) is 27.7 Å². The Morgan fingerprint density at radius 1 is 1.38 bits per heavy atom. The average molecular weight is 197 g/mol. The van der Waals surface area contributed by atoms with E-state index >= 15 is 0 Å². The van der Waals surface area contributed by atoms with E-state index in [-0.39, 0.29) is 10.8 Å². The predicted molar refractivity (Wildman–Crippen MR) is 58.8 cm³/mol. The topological polar surface area (TPSA) is 29.1 Å². The molecule has 0 atom stereocenters. The van der Waals surface area contributed by atoms with Crippen molar-refractivity contribution in [1.29, 1.82) is 0 Å². The Hall–Kier alpha value is -0.700. The van der Waals surface area contributed by atoms with Crippen LogP contribution in [0.15, 0.2) is 4.79 Å². The molecule has 0 aliphatic heterocycles. The second kappa shape index (κ2) is 3.22. The van der Waals surface area contributed by atoms with Gasteiger partial charge in [0, 0.05) is 12.1 Å². The Labute approximate surface area is 83.7 Å². The third kappa shape index (κ3) is 1.66. The lowest BCUT2D eigenvalue weighted by atomic mass is 9.83. The molecule has 1 rings (SSSR count). The van der Waals surface area contributed by atoms with Crippen LogP contribution in [0.3, 0.4) is 0 Å². The van der Waals surface area contributed by atoms with Gasteiger partial charge in [-0.2, -0.15) is 0 Å². The predicted octanol–water partition coefficient (Wildman–Crippen LogP) is 2.38. The fraction of sp³-hybridized carbons (Fsp3) is 0.600.